The normalized spacial score (nSPS) is 15.4. The molecule has 0 saturated heterocycles. The summed E-state index contributed by atoms with van der Waals surface area (Å²) in [6.07, 6.45) is 5.78. The van der Waals surface area contributed by atoms with Gasteiger partial charge in [-0.05, 0) is 43.0 Å². The van der Waals surface area contributed by atoms with Crippen LogP contribution >= 0.6 is 0 Å². The molecule has 0 bridgehead atoms. The Labute approximate surface area is 139 Å². The second-order valence-electron chi connectivity index (χ2n) is 6.30. The molecule has 0 aliphatic heterocycles. The second-order valence-corrected chi connectivity index (χ2v) is 6.30. The van der Waals surface area contributed by atoms with Crippen molar-refractivity contribution >= 4 is 22.3 Å². The van der Waals surface area contributed by atoms with Crippen LogP contribution in [0.25, 0.3) is 10.9 Å². The fraction of sp³-hybridized carbons (Fsp3) is 0.278. The van der Waals surface area contributed by atoms with Gasteiger partial charge in [0.2, 0.25) is 0 Å². The Morgan fingerprint density at radius 3 is 2.71 bits per heavy atom. The van der Waals surface area contributed by atoms with E-state index < -0.39 is 0 Å². The largest absolute Gasteiger partial charge is 0.399 e. The van der Waals surface area contributed by atoms with Gasteiger partial charge in [0.1, 0.15) is 0 Å². The fourth-order valence-corrected chi connectivity index (χ4v) is 3.06. The summed E-state index contributed by atoms with van der Waals surface area (Å²) in [7, 11) is 1.77. The van der Waals surface area contributed by atoms with E-state index in [1.807, 2.05) is 24.3 Å². The van der Waals surface area contributed by atoms with Crippen LogP contribution in [0.5, 0.6) is 0 Å². The first kappa shape index (κ1) is 14.7. The molecule has 24 heavy (non-hydrogen) atoms. The number of pyridine rings is 1. The molecule has 0 radical (unpaired) electrons. The summed E-state index contributed by atoms with van der Waals surface area (Å²) in [5.41, 5.74) is 8.20. The molecular weight excluding hydrogens is 302 g/mol. The molecule has 1 aliphatic carbocycles. The van der Waals surface area contributed by atoms with Gasteiger partial charge >= 0.3 is 0 Å². The van der Waals surface area contributed by atoms with E-state index in [0.29, 0.717) is 11.6 Å². The van der Waals surface area contributed by atoms with Gasteiger partial charge in [-0.25, -0.2) is 9.97 Å². The molecule has 2 heterocycles. The Bertz CT molecular complexity index is 947. The van der Waals surface area contributed by atoms with Gasteiger partial charge < -0.3 is 15.6 Å². The Hall–Kier alpha value is -2.89. The van der Waals surface area contributed by atoms with E-state index in [1.54, 1.807) is 30.1 Å². The van der Waals surface area contributed by atoms with E-state index in [0.717, 1.165) is 35.3 Å². The van der Waals surface area contributed by atoms with E-state index in [1.165, 1.54) is 0 Å². The summed E-state index contributed by atoms with van der Waals surface area (Å²) < 4.78 is 1.63. The molecule has 6 nitrogen and oxygen atoms in total. The van der Waals surface area contributed by atoms with Crippen LogP contribution in [-0.2, 0) is 7.05 Å². The van der Waals surface area contributed by atoms with Crippen LogP contribution in [-0.4, -0.2) is 14.5 Å². The van der Waals surface area contributed by atoms with Crippen LogP contribution in [0.1, 0.15) is 24.7 Å². The minimum absolute atomic E-state index is 0.00272. The van der Waals surface area contributed by atoms with Gasteiger partial charge in [0.25, 0.3) is 5.56 Å². The van der Waals surface area contributed by atoms with Gasteiger partial charge in [-0.1, -0.05) is 0 Å². The van der Waals surface area contributed by atoms with Crippen molar-refractivity contribution < 1.29 is 0 Å². The summed E-state index contributed by atoms with van der Waals surface area (Å²) in [5.74, 6) is 1.25. The monoisotopic (exact) mass is 321 g/mol. The quantitative estimate of drug-likeness (QED) is 0.721. The lowest BCUT2D eigenvalue weighted by Gasteiger charge is -2.20. The maximum Gasteiger partial charge on any atom is 0.252 e. The Balaban J connectivity index is 1.82. The highest BCUT2D eigenvalue weighted by atomic mass is 16.1. The minimum atomic E-state index is -0.0571. The minimum Gasteiger partial charge on any atom is -0.399 e. The molecule has 1 fully saturated rings. The zero-order valence-electron chi connectivity index (χ0n) is 13.4. The first-order chi connectivity index (χ1) is 11.6. The van der Waals surface area contributed by atoms with Gasteiger partial charge in [-0.15, -0.1) is 0 Å². The zero-order valence-corrected chi connectivity index (χ0v) is 13.4. The predicted molar refractivity (Wildman–Crippen MR) is 94.7 cm³/mol. The molecule has 0 spiro atoms. The number of anilines is 2. The lowest BCUT2D eigenvalue weighted by atomic mass is 10.1. The number of aryl methyl sites for hydroxylation is 1. The van der Waals surface area contributed by atoms with Crippen LogP contribution in [0.15, 0.2) is 47.5 Å². The molecular formula is C18H19N5O. The molecule has 4 rings (SSSR count). The standard InChI is InChI=1S/C18H19N5O/c1-23-15-6-5-12(19)9-13(15)14(10-16(23)24)22-17(11-3-4-11)18-20-7-2-8-21-18/h2,5-11,17,22H,3-4,19H2,1H3. The fourth-order valence-electron chi connectivity index (χ4n) is 3.06. The lowest BCUT2D eigenvalue weighted by Crippen LogP contribution is -2.21. The number of fused-ring (bicyclic) bond motifs is 1. The number of hydrogen-bond donors (Lipinski definition) is 2. The SMILES string of the molecule is Cn1c(=O)cc(NC(c2ncccn2)C2CC2)c2cc(N)ccc21. The van der Waals surface area contributed by atoms with Gasteiger partial charge in [-0.2, -0.15) is 0 Å². The number of nitrogens with one attached hydrogen (secondary N) is 1. The number of nitrogens with zero attached hydrogens (tertiary/aromatic N) is 3. The van der Waals surface area contributed by atoms with Crippen LogP contribution in [0.4, 0.5) is 11.4 Å². The predicted octanol–water partition coefficient (Wildman–Crippen LogP) is 2.47. The maximum atomic E-state index is 12.3. The molecule has 3 aromatic rings. The van der Waals surface area contributed by atoms with Crippen molar-refractivity contribution in [3.05, 3.63) is 58.9 Å². The van der Waals surface area contributed by atoms with Gasteiger partial charge in [0.15, 0.2) is 5.82 Å². The Kier molecular flexibility index (Phi) is 3.45. The molecule has 2 aromatic heterocycles. The molecule has 0 amide bonds. The number of nitrogens with two attached hydrogens (primary N) is 1. The third-order valence-electron chi connectivity index (χ3n) is 4.54. The molecule has 1 aromatic carbocycles. The molecule has 122 valence electrons. The lowest BCUT2D eigenvalue weighted by molar-refractivity contribution is 0.634. The average molecular weight is 321 g/mol. The average Bonchev–Trinajstić information content (AvgIpc) is 3.42. The van der Waals surface area contributed by atoms with Crippen molar-refractivity contribution in [2.45, 2.75) is 18.9 Å². The third kappa shape index (κ3) is 2.60. The van der Waals surface area contributed by atoms with Crippen molar-refractivity contribution in [3.63, 3.8) is 0 Å². The number of hydrogen-bond acceptors (Lipinski definition) is 5. The number of nitrogen functional groups attached to an aromatic ring is 1. The molecule has 3 N–H and O–H groups in total. The highest BCUT2D eigenvalue weighted by Gasteiger charge is 2.34. The van der Waals surface area contributed by atoms with Crippen LogP contribution in [0.2, 0.25) is 0 Å². The van der Waals surface area contributed by atoms with Crippen molar-refractivity contribution in [2.75, 3.05) is 11.1 Å². The highest BCUT2D eigenvalue weighted by molar-refractivity contribution is 5.93. The number of benzene rings is 1. The van der Waals surface area contributed by atoms with Crippen molar-refractivity contribution in [1.29, 1.82) is 0 Å². The molecule has 1 aliphatic rings. The van der Waals surface area contributed by atoms with Crippen molar-refractivity contribution in [3.8, 4) is 0 Å². The zero-order chi connectivity index (χ0) is 16.7. The molecule has 1 unspecified atom stereocenters. The highest BCUT2D eigenvalue weighted by Crippen LogP contribution is 2.42. The van der Waals surface area contributed by atoms with Crippen LogP contribution in [0.3, 0.4) is 0 Å². The smallest absolute Gasteiger partial charge is 0.252 e. The Morgan fingerprint density at radius 2 is 2.00 bits per heavy atom. The first-order valence-corrected chi connectivity index (χ1v) is 8.06. The summed E-state index contributed by atoms with van der Waals surface area (Å²) >= 11 is 0. The second kappa shape index (κ2) is 5.63. The van der Waals surface area contributed by atoms with Gasteiger partial charge in [0.05, 0.1) is 11.6 Å². The van der Waals surface area contributed by atoms with Gasteiger partial charge in [-0.3, -0.25) is 4.79 Å². The first-order valence-electron chi connectivity index (χ1n) is 8.06. The van der Waals surface area contributed by atoms with E-state index in [2.05, 4.69) is 15.3 Å². The third-order valence-corrected chi connectivity index (χ3v) is 4.54. The summed E-state index contributed by atoms with van der Waals surface area (Å²) in [5, 5.41) is 4.43. The molecule has 6 heteroatoms. The summed E-state index contributed by atoms with van der Waals surface area (Å²) in [6, 6.07) is 9.02. The van der Waals surface area contributed by atoms with Crippen LogP contribution < -0.4 is 16.6 Å². The maximum absolute atomic E-state index is 12.3. The Morgan fingerprint density at radius 1 is 1.25 bits per heavy atom. The van der Waals surface area contributed by atoms with E-state index >= 15 is 0 Å². The van der Waals surface area contributed by atoms with E-state index in [-0.39, 0.29) is 11.6 Å². The van der Waals surface area contributed by atoms with Crippen molar-refractivity contribution in [1.82, 2.24) is 14.5 Å². The number of rotatable bonds is 4. The summed E-state index contributed by atoms with van der Waals surface area (Å²) in [4.78, 5) is 21.1. The van der Waals surface area contributed by atoms with E-state index in [4.69, 9.17) is 5.73 Å². The topological polar surface area (TPSA) is 85.8 Å². The van der Waals surface area contributed by atoms with E-state index in [9.17, 15) is 4.79 Å². The summed E-state index contributed by atoms with van der Waals surface area (Å²) in [6.45, 7) is 0. The van der Waals surface area contributed by atoms with Gasteiger partial charge in [0, 0.05) is 42.3 Å². The van der Waals surface area contributed by atoms with Crippen LogP contribution in [0, 0.1) is 5.92 Å². The number of aromatic nitrogens is 3. The van der Waals surface area contributed by atoms with Crippen molar-refractivity contribution in [2.24, 2.45) is 13.0 Å². The molecule has 1 saturated carbocycles. The molecule has 1 atom stereocenters.